The summed E-state index contributed by atoms with van der Waals surface area (Å²) in [6, 6.07) is 9.50. The summed E-state index contributed by atoms with van der Waals surface area (Å²) < 4.78 is 1.58. The number of rotatable bonds is 18. The zero-order chi connectivity index (χ0) is 25.4. The minimum Gasteiger partial charge on any atom is -0.290 e. The maximum atomic E-state index is 13.0. The van der Waals surface area contributed by atoms with Crippen molar-refractivity contribution in [3.05, 3.63) is 53.0 Å². The molecule has 1 heterocycles. The Hall–Kier alpha value is -2.54. The summed E-state index contributed by atoms with van der Waals surface area (Å²) in [6.07, 6.45) is 21.7. The third-order valence-electron chi connectivity index (χ3n) is 6.55. The second-order valence-electron chi connectivity index (χ2n) is 9.57. The molecule has 0 atom stereocenters. The average molecular weight is 509 g/mol. The van der Waals surface area contributed by atoms with Gasteiger partial charge in [-0.05, 0) is 53.2 Å². The summed E-state index contributed by atoms with van der Waals surface area (Å²) in [6.45, 7) is 2.27. The molecule has 1 aliphatic carbocycles. The van der Waals surface area contributed by atoms with Gasteiger partial charge in [0, 0.05) is 11.6 Å². The Labute approximate surface area is 220 Å². The highest BCUT2D eigenvalue weighted by molar-refractivity contribution is 8.04. The molecule has 0 spiro atoms. The fraction of sp³-hybridized carbons (Fsp3) is 0.552. The molecule has 0 N–H and O–H groups in total. The smallest absolute Gasteiger partial charge is 0.219 e. The third-order valence-corrected chi connectivity index (χ3v) is 7.51. The predicted octanol–water partition coefficient (Wildman–Crippen LogP) is 7.59. The van der Waals surface area contributed by atoms with Crippen LogP contribution in [0.3, 0.4) is 0 Å². The zero-order valence-electron chi connectivity index (χ0n) is 21.7. The van der Waals surface area contributed by atoms with E-state index in [1.165, 1.54) is 89.2 Å². The lowest BCUT2D eigenvalue weighted by Crippen LogP contribution is -2.13. The van der Waals surface area contributed by atoms with E-state index < -0.39 is 0 Å². The summed E-state index contributed by atoms with van der Waals surface area (Å²) in [7, 11) is 0. The molecule has 0 bridgehead atoms. The van der Waals surface area contributed by atoms with E-state index in [4.69, 9.17) is 0 Å². The monoisotopic (exact) mass is 508 g/mol. The average Bonchev–Trinajstić information content (AvgIpc) is 3.35. The number of aromatic nitrogens is 4. The van der Waals surface area contributed by atoms with E-state index in [0.29, 0.717) is 22.1 Å². The van der Waals surface area contributed by atoms with Gasteiger partial charge in [-0.3, -0.25) is 9.59 Å². The summed E-state index contributed by atoms with van der Waals surface area (Å²) in [5.41, 5.74) is 1.40. The first-order valence-corrected chi connectivity index (χ1v) is 14.5. The molecule has 0 saturated carbocycles. The number of carbonyl (C=O) groups excluding carboxylic acids is 2. The molecule has 36 heavy (non-hydrogen) atoms. The maximum absolute atomic E-state index is 13.0. The summed E-state index contributed by atoms with van der Waals surface area (Å²) >= 11 is 1.15. The summed E-state index contributed by atoms with van der Waals surface area (Å²) in [5, 5.41) is 12.3. The number of ketones is 2. The van der Waals surface area contributed by atoms with Crippen molar-refractivity contribution >= 4 is 23.3 Å². The van der Waals surface area contributed by atoms with Gasteiger partial charge in [0.05, 0.1) is 10.6 Å². The van der Waals surface area contributed by atoms with Crippen LogP contribution in [-0.4, -0.2) is 31.8 Å². The van der Waals surface area contributed by atoms with Crippen molar-refractivity contribution < 1.29 is 9.59 Å². The van der Waals surface area contributed by atoms with Crippen molar-refractivity contribution in [2.24, 2.45) is 0 Å². The summed E-state index contributed by atoms with van der Waals surface area (Å²) in [4.78, 5) is 25.7. The van der Waals surface area contributed by atoms with E-state index in [9.17, 15) is 9.59 Å². The Bertz CT molecular complexity index is 1010. The van der Waals surface area contributed by atoms with Gasteiger partial charge >= 0.3 is 0 Å². The van der Waals surface area contributed by atoms with Crippen LogP contribution >= 0.6 is 11.8 Å². The van der Waals surface area contributed by atoms with E-state index in [1.807, 2.05) is 30.3 Å². The minimum absolute atomic E-state index is 0.0862. The molecule has 0 unspecified atom stereocenters. The number of hydrogen-bond acceptors (Lipinski definition) is 6. The number of allylic oxidation sites excluding steroid dienone is 4. The van der Waals surface area contributed by atoms with Crippen molar-refractivity contribution in [3.8, 4) is 5.69 Å². The lowest BCUT2D eigenvalue weighted by atomic mass is 9.97. The highest BCUT2D eigenvalue weighted by atomic mass is 32.2. The number of nitrogens with zero attached hydrogens (tertiary/aromatic N) is 4. The van der Waals surface area contributed by atoms with Crippen LogP contribution < -0.4 is 0 Å². The Morgan fingerprint density at radius 1 is 0.750 bits per heavy atom. The minimum atomic E-state index is -0.142. The Kier molecular flexibility index (Phi) is 12.7. The van der Waals surface area contributed by atoms with Crippen molar-refractivity contribution in [2.75, 3.05) is 0 Å². The quantitative estimate of drug-likeness (QED) is 0.152. The van der Waals surface area contributed by atoms with E-state index in [1.54, 1.807) is 4.68 Å². The van der Waals surface area contributed by atoms with Crippen LogP contribution in [0.2, 0.25) is 0 Å². The number of carbonyl (C=O) groups is 2. The number of thioether (sulfide) groups is 1. The van der Waals surface area contributed by atoms with Crippen LogP contribution in [0, 0.1) is 0 Å². The Balaban J connectivity index is 1.32. The van der Waals surface area contributed by atoms with Gasteiger partial charge in [0.1, 0.15) is 0 Å². The Morgan fingerprint density at radius 2 is 1.33 bits per heavy atom. The molecule has 0 aliphatic heterocycles. The van der Waals surface area contributed by atoms with E-state index in [0.717, 1.165) is 30.3 Å². The second-order valence-corrected chi connectivity index (χ2v) is 10.6. The van der Waals surface area contributed by atoms with Gasteiger partial charge in [0.2, 0.25) is 5.16 Å². The molecule has 1 aromatic carbocycles. The van der Waals surface area contributed by atoms with Crippen molar-refractivity contribution in [3.63, 3.8) is 0 Å². The van der Waals surface area contributed by atoms with Crippen LogP contribution in [0.1, 0.15) is 103 Å². The maximum Gasteiger partial charge on any atom is 0.219 e. The second kappa shape index (κ2) is 16.3. The molecule has 6 nitrogen and oxygen atoms in total. The molecule has 0 saturated heterocycles. The molecule has 0 fully saturated rings. The third kappa shape index (κ3) is 9.49. The van der Waals surface area contributed by atoms with Crippen molar-refractivity contribution in [1.82, 2.24) is 20.2 Å². The fourth-order valence-electron chi connectivity index (χ4n) is 4.48. The van der Waals surface area contributed by atoms with Crippen LogP contribution in [0.5, 0.6) is 0 Å². The van der Waals surface area contributed by atoms with Gasteiger partial charge in [0.15, 0.2) is 11.6 Å². The highest BCUT2D eigenvalue weighted by Crippen LogP contribution is 2.32. The number of para-hydroxylation sites is 1. The number of unbranched alkanes of at least 4 members (excludes halogenated alkanes) is 13. The number of benzene rings is 1. The standard InChI is InChI=1S/C29H40N4O2S/c1-2-3-4-5-6-7-8-9-10-11-12-13-14-16-19-24-22-26(34)23-27(28(24)35)36-29-30-31-32-33(29)25-20-17-15-18-21-25/h15,17-18,20-23H,2-14,16,19H2,1H3. The summed E-state index contributed by atoms with van der Waals surface area (Å²) in [5.74, 6) is -0.229. The first-order chi connectivity index (χ1) is 17.7. The van der Waals surface area contributed by atoms with Gasteiger partial charge in [-0.25, -0.2) is 0 Å². The van der Waals surface area contributed by atoms with E-state index >= 15 is 0 Å². The molecule has 1 aliphatic rings. The van der Waals surface area contributed by atoms with Crippen molar-refractivity contribution in [1.29, 1.82) is 0 Å². The molecule has 1 aromatic heterocycles. The van der Waals surface area contributed by atoms with Crippen LogP contribution in [-0.2, 0) is 9.59 Å². The van der Waals surface area contributed by atoms with Gasteiger partial charge in [-0.2, -0.15) is 4.68 Å². The van der Waals surface area contributed by atoms with Gasteiger partial charge in [-0.1, -0.05) is 109 Å². The molecular formula is C29H40N4O2S. The lowest BCUT2D eigenvalue weighted by molar-refractivity contribution is -0.114. The first-order valence-electron chi connectivity index (χ1n) is 13.7. The Morgan fingerprint density at radius 3 is 1.94 bits per heavy atom. The molecule has 194 valence electrons. The van der Waals surface area contributed by atoms with Crippen LogP contribution in [0.4, 0.5) is 0 Å². The van der Waals surface area contributed by atoms with Crippen molar-refractivity contribution in [2.45, 2.75) is 108 Å². The largest absolute Gasteiger partial charge is 0.290 e. The van der Waals surface area contributed by atoms with Crippen LogP contribution in [0.25, 0.3) is 5.69 Å². The van der Waals surface area contributed by atoms with E-state index in [-0.39, 0.29) is 11.6 Å². The van der Waals surface area contributed by atoms with E-state index in [2.05, 4.69) is 22.4 Å². The first kappa shape index (κ1) is 28.0. The fourth-order valence-corrected chi connectivity index (χ4v) is 5.38. The lowest BCUT2D eigenvalue weighted by Gasteiger charge is -2.13. The zero-order valence-corrected chi connectivity index (χ0v) is 22.5. The molecule has 2 aromatic rings. The van der Waals surface area contributed by atoms with Gasteiger partial charge < -0.3 is 0 Å². The van der Waals surface area contributed by atoms with Gasteiger partial charge in [0.25, 0.3) is 0 Å². The number of hydrogen-bond donors (Lipinski definition) is 0. The topological polar surface area (TPSA) is 77.7 Å². The molecule has 7 heteroatoms. The molecular weight excluding hydrogens is 468 g/mol. The highest BCUT2D eigenvalue weighted by Gasteiger charge is 2.24. The predicted molar refractivity (Wildman–Crippen MR) is 146 cm³/mol. The number of Topliss-reactive ketones (excluding diaryl/α,β-unsaturated/α-hetero) is 1. The number of tetrazole rings is 1. The SMILES string of the molecule is CCCCCCCCCCCCCCCCC1=CC(=O)C=C(Sc2nnnn2-c2ccccc2)C1=O. The van der Waals surface area contributed by atoms with Crippen LogP contribution in [0.15, 0.2) is 58.1 Å². The molecule has 0 radical (unpaired) electrons. The van der Waals surface area contributed by atoms with Gasteiger partial charge in [-0.15, -0.1) is 5.10 Å². The molecule has 0 amide bonds. The molecule has 3 rings (SSSR count). The normalized spacial score (nSPS) is 13.7.